The summed E-state index contributed by atoms with van der Waals surface area (Å²) in [4.78, 5) is 32.2. The standard InChI is InChI=1S/C25H21ClFN3O2S/c26-18-6-10-21(11-7-18)29-25-30(15-14-17-4-2-1-3-5-17)23(31)16-22(33-25)24(32)28-20-12-8-19(27)9-13-20/h1-13,22H,14-16H2,(H,28,32). The third-order valence-corrected chi connectivity index (χ3v) is 6.50. The fourth-order valence-electron chi connectivity index (χ4n) is 3.33. The Morgan fingerprint density at radius 2 is 1.76 bits per heavy atom. The molecule has 1 N–H and O–H groups in total. The van der Waals surface area contributed by atoms with Gasteiger partial charge in [-0.15, -0.1) is 0 Å². The summed E-state index contributed by atoms with van der Waals surface area (Å²) in [7, 11) is 0. The molecule has 33 heavy (non-hydrogen) atoms. The largest absolute Gasteiger partial charge is 0.325 e. The Morgan fingerprint density at radius 3 is 2.45 bits per heavy atom. The van der Waals surface area contributed by atoms with Gasteiger partial charge in [-0.3, -0.25) is 14.5 Å². The first-order valence-electron chi connectivity index (χ1n) is 10.4. The zero-order valence-electron chi connectivity index (χ0n) is 17.6. The van der Waals surface area contributed by atoms with Crippen molar-refractivity contribution in [1.82, 2.24) is 4.90 Å². The van der Waals surface area contributed by atoms with Gasteiger partial charge in [0.1, 0.15) is 11.1 Å². The van der Waals surface area contributed by atoms with Crippen LogP contribution < -0.4 is 5.32 Å². The molecule has 3 aromatic carbocycles. The van der Waals surface area contributed by atoms with Crippen LogP contribution in [-0.4, -0.2) is 33.7 Å². The Hall–Kier alpha value is -3.16. The van der Waals surface area contributed by atoms with Gasteiger partial charge in [0.2, 0.25) is 11.8 Å². The normalized spacial score (nSPS) is 17.3. The molecule has 1 heterocycles. The van der Waals surface area contributed by atoms with Gasteiger partial charge >= 0.3 is 0 Å². The molecule has 8 heteroatoms. The van der Waals surface area contributed by atoms with Crippen molar-refractivity contribution >= 4 is 51.7 Å². The molecule has 1 aliphatic rings. The summed E-state index contributed by atoms with van der Waals surface area (Å²) in [5.74, 6) is -0.884. The van der Waals surface area contributed by atoms with Crippen molar-refractivity contribution in [2.45, 2.75) is 18.1 Å². The van der Waals surface area contributed by atoms with Crippen molar-refractivity contribution < 1.29 is 14.0 Å². The number of rotatable bonds is 6. The number of carbonyl (C=O) groups excluding carboxylic acids is 2. The van der Waals surface area contributed by atoms with Crippen molar-refractivity contribution in [3.63, 3.8) is 0 Å². The molecular weight excluding hydrogens is 461 g/mol. The van der Waals surface area contributed by atoms with E-state index < -0.39 is 5.25 Å². The molecule has 2 amide bonds. The number of nitrogens with one attached hydrogen (secondary N) is 1. The number of nitrogens with zero attached hydrogens (tertiary/aromatic N) is 2. The first kappa shape index (κ1) is 23.0. The van der Waals surface area contributed by atoms with Crippen molar-refractivity contribution in [2.75, 3.05) is 11.9 Å². The number of anilines is 1. The Balaban J connectivity index is 1.54. The molecule has 168 valence electrons. The Morgan fingerprint density at radius 1 is 1.06 bits per heavy atom. The van der Waals surface area contributed by atoms with Crippen molar-refractivity contribution in [3.8, 4) is 0 Å². The second-order valence-electron chi connectivity index (χ2n) is 7.46. The fourth-order valence-corrected chi connectivity index (χ4v) is 4.58. The average molecular weight is 482 g/mol. The van der Waals surface area contributed by atoms with E-state index in [9.17, 15) is 14.0 Å². The molecule has 0 aliphatic carbocycles. The number of benzene rings is 3. The third kappa shape index (κ3) is 6.21. The van der Waals surface area contributed by atoms with Crippen LogP contribution in [0.25, 0.3) is 0 Å². The lowest BCUT2D eigenvalue weighted by Gasteiger charge is -2.32. The van der Waals surface area contributed by atoms with Gasteiger partial charge in [-0.2, -0.15) is 0 Å². The maximum absolute atomic E-state index is 13.2. The monoisotopic (exact) mass is 481 g/mol. The van der Waals surface area contributed by atoms with Crippen LogP contribution in [0.3, 0.4) is 0 Å². The molecule has 3 aromatic rings. The molecule has 0 saturated carbocycles. The lowest BCUT2D eigenvalue weighted by Crippen LogP contribution is -2.46. The van der Waals surface area contributed by atoms with E-state index in [2.05, 4.69) is 10.3 Å². The van der Waals surface area contributed by atoms with Crippen LogP contribution >= 0.6 is 23.4 Å². The third-order valence-electron chi connectivity index (χ3n) is 5.06. The van der Waals surface area contributed by atoms with E-state index in [0.29, 0.717) is 34.5 Å². The molecule has 0 spiro atoms. The van der Waals surface area contributed by atoms with Crippen LogP contribution in [0.15, 0.2) is 83.9 Å². The molecule has 1 saturated heterocycles. The molecule has 4 rings (SSSR count). The van der Waals surface area contributed by atoms with Gasteiger partial charge in [-0.25, -0.2) is 9.38 Å². The second kappa shape index (κ2) is 10.6. The zero-order valence-corrected chi connectivity index (χ0v) is 19.2. The quantitative estimate of drug-likeness (QED) is 0.492. The van der Waals surface area contributed by atoms with Crippen LogP contribution in [0, 0.1) is 5.82 Å². The number of carbonyl (C=O) groups is 2. The average Bonchev–Trinajstić information content (AvgIpc) is 2.82. The molecule has 1 aliphatic heterocycles. The molecular formula is C25H21ClFN3O2S. The first-order valence-corrected chi connectivity index (χ1v) is 11.7. The van der Waals surface area contributed by atoms with Gasteiger partial charge in [-0.05, 0) is 60.5 Å². The van der Waals surface area contributed by atoms with Gasteiger partial charge in [0, 0.05) is 23.7 Å². The number of amides is 2. The second-order valence-corrected chi connectivity index (χ2v) is 9.06. The Labute approximate surface area is 200 Å². The minimum atomic E-state index is -0.651. The molecule has 1 unspecified atom stereocenters. The predicted octanol–water partition coefficient (Wildman–Crippen LogP) is 5.68. The topological polar surface area (TPSA) is 61.8 Å². The maximum atomic E-state index is 13.2. The van der Waals surface area contributed by atoms with Crippen molar-refractivity contribution in [2.24, 2.45) is 4.99 Å². The molecule has 0 bridgehead atoms. The zero-order chi connectivity index (χ0) is 23.2. The van der Waals surface area contributed by atoms with E-state index in [4.69, 9.17) is 11.6 Å². The van der Waals surface area contributed by atoms with E-state index in [1.807, 2.05) is 30.3 Å². The van der Waals surface area contributed by atoms with E-state index in [1.54, 1.807) is 29.2 Å². The van der Waals surface area contributed by atoms with Crippen LogP contribution in [0.4, 0.5) is 15.8 Å². The summed E-state index contributed by atoms with van der Waals surface area (Å²) in [6.07, 6.45) is 0.714. The Kier molecular flexibility index (Phi) is 7.42. The highest BCUT2D eigenvalue weighted by molar-refractivity contribution is 8.15. The van der Waals surface area contributed by atoms with E-state index >= 15 is 0 Å². The van der Waals surface area contributed by atoms with E-state index in [-0.39, 0.29) is 24.1 Å². The smallest absolute Gasteiger partial charge is 0.238 e. The van der Waals surface area contributed by atoms with Gasteiger partial charge in [0.25, 0.3) is 0 Å². The maximum Gasteiger partial charge on any atom is 0.238 e. The highest BCUT2D eigenvalue weighted by atomic mass is 35.5. The van der Waals surface area contributed by atoms with Crippen molar-refractivity contribution in [3.05, 3.63) is 95.3 Å². The van der Waals surface area contributed by atoms with Gasteiger partial charge in [-0.1, -0.05) is 53.7 Å². The molecule has 5 nitrogen and oxygen atoms in total. The van der Waals surface area contributed by atoms with Crippen LogP contribution in [0.2, 0.25) is 5.02 Å². The SMILES string of the molecule is O=C(Nc1ccc(F)cc1)C1CC(=O)N(CCc2ccccc2)C(=Nc2ccc(Cl)cc2)S1. The molecule has 1 atom stereocenters. The molecule has 1 fully saturated rings. The number of hydrogen-bond donors (Lipinski definition) is 1. The van der Waals surface area contributed by atoms with E-state index in [1.165, 1.54) is 36.0 Å². The molecule has 0 aromatic heterocycles. The number of aliphatic imine (C=N–C) groups is 1. The van der Waals surface area contributed by atoms with Crippen LogP contribution in [0.1, 0.15) is 12.0 Å². The van der Waals surface area contributed by atoms with Gasteiger partial charge < -0.3 is 5.32 Å². The highest BCUT2D eigenvalue weighted by Crippen LogP contribution is 2.30. The number of halogens is 2. The minimum absolute atomic E-state index is 0.0477. The van der Waals surface area contributed by atoms with Gasteiger partial charge in [0.15, 0.2) is 5.17 Å². The summed E-state index contributed by atoms with van der Waals surface area (Å²) in [6, 6.07) is 22.4. The number of hydrogen-bond acceptors (Lipinski definition) is 4. The van der Waals surface area contributed by atoms with Gasteiger partial charge in [0.05, 0.1) is 5.69 Å². The number of amidine groups is 1. The predicted molar refractivity (Wildman–Crippen MR) is 131 cm³/mol. The minimum Gasteiger partial charge on any atom is -0.325 e. The Bertz CT molecular complexity index is 1150. The number of thioether (sulfide) groups is 1. The summed E-state index contributed by atoms with van der Waals surface area (Å²) >= 11 is 7.22. The first-order chi connectivity index (χ1) is 16.0. The lowest BCUT2D eigenvalue weighted by atomic mass is 10.1. The summed E-state index contributed by atoms with van der Waals surface area (Å²) in [5.41, 5.74) is 2.22. The highest BCUT2D eigenvalue weighted by Gasteiger charge is 2.35. The summed E-state index contributed by atoms with van der Waals surface area (Å²) < 4.78 is 13.2. The summed E-state index contributed by atoms with van der Waals surface area (Å²) in [5, 5.41) is 3.15. The lowest BCUT2D eigenvalue weighted by molar-refractivity contribution is -0.129. The van der Waals surface area contributed by atoms with Crippen LogP contribution in [-0.2, 0) is 16.0 Å². The van der Waals surface area contributed by atoms with E-state index in [0.717, 1.165) is 5.56 Å². The molecule has 0 radical (unpaired) electrons. The fraction of sp³-hybridized carbons (Fsp3) is 0.160. The van der Waals surface area contributed by atoms with Crippen molar-refractivity contribution in [1.29, 1.82) is 0 Å². The van der Waals surface area contributed by atoms with Crippen LogP contribution in [0.5, 0.6) is 0 Å². The summed E-state index contributed by atoms with van der Waals surface area (Å²) in [6.45, 7) is 0.453.